The first-order chi connectivity index (χ1) is 13.7. The molecular formula is C21H16FN5O. The number of para-hydroxylation sites is 3. The molecule has 3 heterocycles. The molecule has 3 aromatic heterocycles. The standard InChI is InChI=1S/C21H16FN5O/c1-2-11-26-12-23-19-17(21(26)28)18-20(25-15-9-5-4-8-14(15)24-18)27(19)16-10-6-3-7-13(16)22/h3-10,12H,2,11H2,1H3. The third kappa shape index (κ3) is 2.32. The molecule has 0 bridgehead atoms. The largest absolute Gasteiger partial charge is 0.299 e. The molecule has 7 heteroatoms. The van der Waals surface area contributed by atoms with Crippen molar-refractivity contribution in [1.82, 2.24) is 24.1 Å². The molecule has 0 saturated carbocycles. The van der Waals surface area contributed by atoms with E-state index in [1.54, 1.807) is 27.3 Å². The lowest BCUT2D eigenvalue weighted by molar-refractivity contribution is 0.619. The highest BCUT2D eigenvalue weighted by Gasteiger charge is 2.21. The average molecular weight is 373 g/mol. The summed E-state index contributed by atoms with van der Waals surface area (Å²) in [5, 5.41) is 0.354. The van der Waals surface area contributed by atoms with Gasteiger partial charge in [0.05, 0.1) is 23.0 Å². The van der Waals surface area contributed by atoms with Crippen LogP contribution in [-0.2, 0) is 6.54 Å². The highest BCUT2D eigenvalue weighted by molar-refractivity contribution is 6.05. The molecule has 138 valence electrons. The monoisotopic (exact) mass is 373 g/mol. The van der Waals surface area contributed by atoms with Gasteiger partial charge < -0.3 is 0 Å². The van der Waals surface area contributed by atoms with E-state index in [1.165, 1.54) is 12.4 Å². The normalized spacial score (nSPS) is 11.6. The highest BCUT2D eigenvalue weighted by atomic mass is 19.1. The second-order valence-electron chi connectivity index (χ2n) is 6.61. The number of aromatic nitrogens is 5. The van der Waals surface area contributed by atoms with Crippen molar-refractivity contribution in [3.8, 4) is 5.69 Å². The molecule has 0 spiro atoms. The van der Waals surface area contributed by atoms with E-state index in [2.05, 4.69) is 9.97 Å². The van der Waals surface area contributed by atoms with Crippen LogP contribution >= 0.6 is 0 Å². The predicted molar refractivity (Wildman–Crippen MR) is 106 cm³/mol. The Morgan fingerprint density at radius 1 is 0.964 bits per heavy atom. The Morgan fingerprint density at radius 2 is 1.68 bits per heavy atom. The second kappa shape index (κ2) is 6.23. The SMILES string of the molecule is CCCn1cnc2c(c1=O)c1nc3ccccc3nc1n2-c1ccccc1F. The maximum absolute atomic E-state index is 14.6. The van der Waals surface area contributed by atoms with Crippen LogP contribution in [0.5, 0.6) is 0 Å². The van der Waals surface area contributed by atoms with Crippen molar-refractivity contribution in [2.24, 2.45) is 0 Å². The van der Waals surface area contributed by atoms with Gasteiger partial charge in [-0.2, -0.15) is 0 Å². The van der Waals surface area contributed by atoms with E-state index >= 15 is 0 Å². The second-order valence-corrected chi connectivity index (χ2v) is 6.61. The summed E-state index contributed by atoms with van der Waals surface area (Å²) < 4.78 is 17.8. The zero-order valence-corrected chi connectivity index (χ0v) is 15.1. The fraction of sp³-hybridized carbons (Fsp3) is 0.143. The van der Waals surface area contributed by atoms with Gasteiger partial charge in [-0.25, -0.2) is 19.3 Å². The van der Waals surface area contributed by atoms with Gasteiger partial charge in [-0.15, -0.1) is 0 Å². The quantitative estimate of drug-likeness (QED) is 0.482. The van der Waals surface area contributed by atoms with E-state index in [4.69, 9.17) is 4.98 Å². The summed E-state index contributed by atoms with van der Waals surface area (Å²) >= 11 is 0. The van der Waals surface area contributed by atoms with Crippen LogP contribution in [0.1, 0.15) is 13.3 Å². The maximum Gasteiger partial charge on any atom is 0.265 e. The molecule has 0 radical (unpaired) electrons. The summed E-state index contributed by atoms with van der Waals surface area (Å²) in [6.45, 7) is 2.54. The Balaban J connectivity index is 2.02. The molecule has 6 nitrogen and oxygen atoms in total. The Bertz CT molecular complexity index is 1420. The molecule has 0 saturated heterocycles. The molecule has 0 atom stereocenters. The zero-order chi connectivity index (χ0) is 19.3. The van der Waals surface area contributed by atoms with Gasteiger partial charge in [0.1, 0.15) is 16.7 Å². The number of fused-ring (bicyclic) bond motifs is 4. The molecule has 5 rings (SSSR count). The van der Waals surface area contributed by atoms with Crippen LogP contribution in [0.4, 0.5) is 4.39 Å². The number of rotatable bonds is 3. The van der Waals surface area contributed by atoms with E-state index in [-0.39, 0.29) is 11.2 Å². The Morgan fingerprint density at radius 3 is 2.43 bits per heavy atom. The molecule has 0 unspecified atom stereocenters. The molecule has 5 aromatic rings. The van der Waals surface area contributed by atoms with Crippen molar-refractivity contribution in [3.05, 3.63) is 71.0 Å². The number of hydrogen-bond acceptors (Lipinski definition) is 4. The maximum atomic E-state index is 14.6. The molecule has 0 amide bonds. The molecular weight excluding hydrogens is 357 g/mol. The number of hydrogen-bond donors (Lipinski definition) is 0. The smallest absolute Gasteiger partial charge is 0.265 e. The molecule has 2 aromatic carbocycles. The molecule has 0 aliphatic heterocycles. The molecule has 0 aliphatic rings. The predicted octanol–water partition coefficient (Wildman–Crippen LogP) is 3.83. The lowest BCUT2D eigenvalue weighted by Crippen LogP contribution is -2.20. The van der Waals surface area contributed by atoms with Crippen molar-refractivity contribution in [1.29, 1.82) is 0 Å². The minimum atomic E-state index is -0.421. The van der Waals surface area contributed by atoms with E-state index in [9.17, 15) is 9.18 Å². The fourth-order valence-corrected chi connectivity index (χ4v) is 3.53. The van der Waals surface area contributed by atoms with Crippen molar-refractivity contribution in [2.75, 3.05) is 0 Å². The number of benzene rings is 2. The van der Waals surface area contributed by atoms with Gasteiger partial charge in [0.25, 0.3) is 5.56 Å². The molecule has 0 N–H and O–H groups in total. The fourth-order valence-electron chi connectivity index (χ4n) is 3.53. The first-order valence-corrected chi connectivity index (χ1v) is 9.10. The van der Waals surface area contributed by atoms with Crippen molar-refractivity contribution in [3.63, 3.8) is 0 Å². The lowest BCUT2D eigenvalue weighted by atomic mass is 10.3. The van der Waals surface area contributed by atoms with Crippen LogP contribution in [0, 0.1) is 5.82 Å². The minimum Gasteiger partial charge on any atom is -0.299 e. The summed E-state index contributed by atoms with van der Waals surface area (Å²) in [6.07, 6.45) is 2.30. The van der Waals surface area contributed by atoms with E-state index in [0.29, 0.717) is 39.8 Å². The topological polar surface area (TPSA) is 65.6 Å². The summed E-state index contributed by atoms with van der Waals surface area (Å²) in [7, 11) is 0. The highest BCUT2D eigenvalue weighted by Crippen LogP contribution is 2.29. The molecule has 0 aliphatic carbocycles. The summed E-state index contributed by atoms with van der Waals surface area (Å²) in [5.74, 6) is -0.421. The zero-order valence-electron chi connectivity index (χ0n) is 15.1. The van der Waals surface area contributed by atoms with Crippen LogP contribution in [-0.4, -0.2) is 24.1 Å². The van der Waals surface area contributed by atoms with E-state index in [0.717, 1.165) is 6.42 Å². The molecule has 0 fully saturated rings. The van der Waals surface area contributed by atoms with Gasteiger partial charge >= 0.3 is 0 Å². The van der Waals surface area contributed by atoms with Crippen molar-refractivity contribution >= 4 is 33.2 Å². The van der Waals surface area contributed by atoms with Crippen LogP contribution in [0.25, 0.3) is 38.9 Å². The van der Waals surface area contributed by atoms with Gasteiger partial charge in [-0.05, 0) is 30.7 Å². The number of nitrogens with zero attached hydrogens (tertiary/aromatic N) is 5. The first-order valence-electron chi connectivity index (χ1n) is 9.10. The van der Waals surface area contributed by atoms with Crippen LogP contribution < -0.4 is 5.56 Å². The third-order valence-electron chi connectivity index (χ3n) is 4.79. The van der Waals surface area contributed by atoms with Gasteiger partial charge in [0.15, 0.2) is 11.3 Å². The first kappa shape index (κ1) is 16.6. The van der Waals surface area contributed by atoms with E-state index < -0.39 is 5.82 Å². The Hall–Kier alpha value is -3.61. The van der Waals surface area contributed by atoms with Crippen LogP contribution in [0.15, 0.2) is 59.7 Å². The Labute approximate surface area is 158 Å². The summed E-state index contributed by atoms with van der Waals surface area (Å²) in [5.41, 5.74) is 2.63. The van der Waals surface area contributed by atoms with Crippen molar-refractivity contribution in [2.45, 2.75) is 19.9 Å². The lowest BCUT2D eigenvalue weighted by Gasteiger charge is -2.08. The number of halogens is 1. The minimum absolute atomic E-state index is 0.198. The van der Waals surface area contributed by atoms with Crippen molar-refractivity contribution < 1.29 is 4.39 Å². The van der Waals surface area contributed by atoms with Gasteiger partial charge in [-0.3, -0.25) is 13.9 Å². The average Bonchev–Trinajstić information content (AvgIpc) is 3.02. The summed E-state index contributed by atoms with van der Waals surface area (Å²) in [4.78, 5) is 27.0. The van der Waals surface area contributed by atoms with E-state index in [1.807, 2.05) is 31.2 Å². The number of aryl methyl sites for hydroxylation is 1. The van der Waals surface area contributed by atoms with Crippen LogP contribution in [0.2, 0.25) is 0 Å². The van der Waals surface area contributed by atoms with Gasteiger partial charge in [-0.1, -0.05) is 31.2 Å². The summed E-state index contributed by atoms with van der Waals surface area (Å²) in [6, 6.07) is 13.8. The van der Waals surface area contributed by atoms with Gasteiger partial charge in [0, 0.05) is 6.54 Å². The molecule has 28 heavy (non-hydrogen) atoms. The van der Waals surface area contributed by atoms with Gasteiger partial charge in [0.2, 0.25) is 0 Å². The third-order valence-corrected chi connectivity index (χ3v) is 4.79. The van der Waals surface area contributed by atoms with Crippen LogP contribution in [0.3, 0.4) is 0 Å². The Kier molecular flexibility index (Phi) is 3.68.